The fourth-order valence-electron chi connectivity index (χ4n) is 5.30. The van der Waals surface area contributed by atoms with Crippen molar-refractivity contribution in [1.82, 2.24) is 30.4 Å². The lowest BCUT2D eigenvalue weighted by Crippen LogP contribution is -2.50. The van der Waals surface area contributed by atoms with Crippen LogP contribution < -0.4 is 5.32 Å². The van der Waals surface area contributed by atoms with Crippen molar-refractivity contribution in [3.8, 4) is 0 Å². The smallest absolute Gasteiger partial charge is 0.321 e. The lowest BCUT2D eigenvalue weighted by Gasteiger charge is -2.42. The first kappa shape index (κ1) is 20.5. The standard InChI is InChI=1S/C18H28N6O4S/c1-29-18-20-22-24(21-18)13-6-15(17(27)28)23(9-13)8-10-2-3-11-7-19-14(16(25)26)5-12(11)4-10/h10-15,19H,2-9H2,1H3,(H,25,26)(H,27,28)/t10-,11-,12+,13-,14-,15-/m0/s1. The summed E-state index contributed by atoms with van der Waals surface area (Å²) in [6.45, 7) is 2.10. The van der Waals surface area contributed by atoms with E-state index in [0.29, 0.717) is 42.3 Å². The third-order valence-corrected chi connectivity index (χ3v) is 7.32. The molecule has 0 amide bonds. The van der Waals surface area contributed by atoms with Gasteiger partial charge < -0.3 is 15.5 Å². The number of aliphatic carboxylic acids is 2. The Bertz CT molecular complexity index is 760. The molecule has 1 aliphatic carbocycles. The zero-order valence-corrected chi connectivity index (χ0v) is 17.3. The van der Waals surface area contributed by atoms with Gasteiger partial charge in [-0.15, -0.1) is 10.2 Å². The number of rotatable bonds is 6. The summed E-state index contributed by atoms with van der Waals surface area (Å²) >= 11 is 1.42. The van der Waals surface area contributed by atoms with E-state index in [1.165, 1.54) is 11.8 Å². The summed E-state index contributed by atoms with van der Waals surface area (Å²) in [5.41, 5.74) is 0. The Labute approximate surface area is 173 Å². The van der Waals surface area contributed by atoms with E-state index in [1.807, 2.05) is 6.26 Å². The maximum Gasteiger partial charge on any atom is 0.321 e. The number of carbonyl (C=O) groups is 2. The number of piperidine rings is 1. The molecule has 2 saturated heterocycles. The van der Waals surface area contributed by atoms with E-state index in [0.717, 1.165) is 32.4 Å². The van der Waals surface area contributed by atoms with Gasteiger partial charge in [0.15, 0.2) is 0 Å². The first-order valence-corrected chi connectivity index (χ1v) is 11.4. The average molecular weight is 425 g/mol. The molecule has 2 aliphatic heterocycles. The lowest BCUT2D eigenvalue weighted by atomic mass is 9.69. The molecular weight excluding hydrogens is 396 g/mol. The zero-order valence-electron chi connectivity index (χ0n) is 16.5. The highest BCUT2D eigenvalue weighted by Gasteiger charge is 2.42. The molecule has 10 nitrogen and oxygen atoms in total. The molecule has 29 heavy (non-hydrogen) atoms. The van der Waals surface area contributed by atoms with Gasteiger partial charge in [-0.05, 0) is 67.9 Å². The second kappa shape index (κ2) is 8.57. The van der Waals surface area contributed by atoms with Crippen LogP contribution >= 0.6 is 11.8 Å². The van der Waals surface area contributed by atoms with Crippen LogP contribution in [0.4, 0.5) is 0 Å². The van der Waals surface area contributed by atoms with Crippen molar-refractivity contribution in [2.75, 3.05) is 25.9 Å². The fourth-order valence-corrected chi connectivity index (χ4v) is 5.58. The van der Waals surface area contributed by atoms with Crippen molar-refractivity contribution in [2.24, 2.45) is 17.8 Å². The summed E-state index contributed by atoms with van der Waals surface area (Å²) in [4.78, 5) is 26.8. The van der Waals surface area contributed by atoms with E-state index in [-0.39, 0.29) is 6.04 Å². The summed E-state index contributed by atoms with van der Waals surface area (Å²) in [6.07, 6.45) is 6.14. The Hall–Kier alpha value is -1.72. The highest BCUT2D eigenvalue weighted by atomic mass is 32.2. The average Bonchev–Trinajstić information content (AvgIpc) is 3.34. The zero-order chi connectivity index (χ0) is 20.5. The van der Waals surface area contributed by atoms with Crippen LogP contribution in [-0.2, 0) is 9.59 Å². The number of hydrogen-bond donors (Lipinski definition) is 3. The molecule has 1 aromatic rings. The summed E-state index contributed by atoms with van der Waals surface area (Å²) in [5, 5.41) is 35.2. The topological polar surface area (TPSA) is 133 Å². The molecule has 1 saturated carbocycles. The number of thioether (sulfide) groups is 1. The van der Waals surface area contributed by atoms with Crippen LogP contribution in [0.3, 0.4) is 0 Å². The van der Waals surface area contributed by atoms with Gasteiger partial charge in [-0.2, -0.15) is 4.80 Å². The lowest BCUT2D eigenvalue weighted by molar-refractivity contribution is -0.143. The van der Waals surface area contributed by atoms with Gasteiger partial charge in [0.25, 0.3) is 0 Å². The van der Waals surface area contributed by atoms with Crippen molar-refractivity contribution >= 4 is 23.7 Å². The Morgan fingerprint density at radius 2 is 2.00 bits per heavy atom. The summed E-state index contributed by atoms with van der Waals surface area (Å²) in [5.74, 6) is -0.246. The van der Waals surface area contributed by atoms with Crippen molar-refractivity contribution < 1.29 is 19.8 Å². The Balaban J connectivity index is 1.39. The summed E-state index contributed by atoms with van der Waals surface area (Å²) in [7, 11) is 0. The summed E-state index contributed by atoms with van der Waals surface area (Å²) < 4.78 is 0. The van der Waals surface area contributed by atoms with E-state index in [2.05, 4.69) is 25.6 Å². The minimum absolute atomic E-state index is 0.0869. The number of carboxylic acid groups (broad SMARTS) is 2. The molecule has 4 rings (SSSR count). The minimum atomic E-state index is -0.806. The maximum atomic E-state index is 11.9. The predicted octanol–water partition coefficient (Wildman–Crippen LogP) is 0.574. The number of nitrogens with zero attached hydrogens (tertiary/aromatic N) is 5. The number of aromatic nitrogens is 4. The van der Waals surface area contributed by atoms with Gasteiger partial charge in [0.2, 0.25) is 5.16 Å². The third-order valence-electron chi connectivity index (χ3n) is 6.79. The molecule has 6 atom stereocenters. The van der Waals surface area contributed by atoms with Crippen LogP contribution in [0, 0.1) is 17.8 Å². The molecular formula is C18H28N6O4S. The van der Waals surface area contributed by atoms with Gasteiger partial charge in [0.1, 0.15) is 12.1 Å². The monoisotopic (exact) mass is 424 g/mol. The van der Waals surface area contributed by atoms with Crippen molar-refractivity contribution in [3.63, 3.8) is 0 Å². The number of fused-ring (bicyclic) bond motifs is 1. The van der Waals surface area contributed by atoms with Gasteiger partial charge in [0, 0.05) is 13.1 Å². The van der Waals surface area contributed by atoms with Crippen LogP contribution in [0.2, 0.25) is 0 Å². The fraction of sp³-hybridized carbons (Fsp3) is 0.833. The highest BCUT2D eigenvalue weighted by Crippen LogP contribution is 2.40. The maximum absolute atomic E-state index is 11.9. The molecule has 11 heteroatoms. The number of carboxylic acids is 2. The molecule has 3 N–H and O–H groups in total. The SMILES string of the molecule is CSc1nnn([C@H]2C[C@@H](C(=O)O)N(C[C@H]3CC[C@H]4CN[C@H](C(=O)O)C[C@H]4C3)C2)n1. The molecule has 0 unspecified atom stereocenters. The van der Waals surface area contributed by atoms with Crippen LogP contribution in [0.1, 0.15) is 38.1 Å². The van der Waals surface area contributed by atoms with Crippen LogP contribution in [-0.4, -0.2) is 85.2 Å². The molecule has 0 bridgehead atoms. The quantitative estimate of drug-likeness (QED) is 0.557. The third kappa shape index (κ3) is 4.41. The van der Waals surface area contributed by atoms with Gasteiger partial charge in [-0.25, -0.2) is 0 Å². The highest BCUT2D eigenvalue weighted by molar-refractivity contribution is 7.98. The number of likely N-dealkylation sites (tertiary alicyclic amines) is 1. The summed E-state index contributed by atoms with van der Waals surface area (Å²) in [6, 6.07) is -1.08. The first-order valence-electron chi connectivity index (χ1n) is 10.2. The van der Waals surface area contributed by atoms with E-state index >= 15 is 0 Å². The van der Waals surface area contributed by atoms with Gasteiger partial charge in [-0.1, -0.05) is 11.8 Å². The Morgan fingerprint density at radius 3 is 2.69 bits per heavy atom. The van der Waals surface area contributed by atoms with Crippen LogP contribution in [0.15, 0.2) is 5.16 Å². The molecule has 3 fully saturated rings. The molecule has 0 aromatic carbocycles. The van der Waals surface area contributed by atoms with Crippen molar-refractivity contribution in [3.05, 3.63) is 0 Å². The van der Waals surface area contributed by atoms with Crippen LogP contribution in [0.25, 0.3) is 0 Å². The van der Waals surface area contributed by atoms with Gasteiger partial charge >= 0.3 is 11.9 Å². The van der Waals surface area contributed by atoms with Crippen molar-refractivity contribution in [1.29, 1.82) is 0 Å². The molecule has 1 aromatic heterocycles. The Kier molecular flexibility index (Phi) is 6.07. The number of tetrazole rings is 1. The Morgan fingerprint density at radius 1 is 1.17 bits per heavy atom. The van der Waals surface area contributed by atoms with E-state index < -0.39 is 24.0 Å². The van der Waals surface area contributed by atoms with E-state index in [1.54, 1.807) is 4.80 Å². The molecule has 3 heterocycles. The minimum Gasteiger partial charge on any atom is -0.480 e. The number of hydrogen-bond acceptors (Lipinski definition) is 8. The second-order valence-corrected chi connectivity index (χ2v) is 9.30. The van der Waals surface area contributed by atoms with E-state index in [4.69, 9.17) is 0 Å². The molecule has 3 aliphatic rings. The van der Waals surface area contributed by atoms with Gasteiger partial charge in [0.05, 0.1) is 6.04 Å². The normalized spacial score (nSPS) is 35.3. The molecule has 0 spiro atoms. The largest absolute Gasteiger partial charge is 0.480 e. The van der Waals surface area contributed by atoms with E-state index in [9.17, 15) is 19.8 Å². The van der Waals surface area contributed by atoms with Gasteiger partial charge in [-0.3, -0.25) is 14.5 Å². The van der Waals surface area contributed by atoms with Crippen LogP contribution in [0.5, 0.6) is 0 Å². The van der Waals surface area contributed by atoms with Crippen molar-refractivity contribution in [2.45, 2.75) is 55.4 Å². The number of nitrogens with one attached hydrogen (secondary N) is 1. The molecule has 0 radical (unpaired) electrons. The molecule has 160 valence electrons. The second-order valence-electron chi connectivity index (χ2n) is 8.53. The predicted molar refractivity (Wildman–Crippen MR) is 105 cm³/mol. The first-order chi connectivity index (χ1) is 13.9.